The minimum atomic E-state index is 0.330. The Labute approximate surface area is 109 Å². The number of rotatable bonds is 4. The van der Waals surface area contributed by atoms with E-state index >= 15 is 0 Å². The van der Waals surface area contributed by atoms with Crippen molar-refractivity contribution in [2.24, 2.45) is 0 Å². The average molecular weight is 243 g/mol. The molecule has 1 saturated heterocycles. The molecule has 18 heavy (non-hydrogen) atoms. The van der Waals surface area contributed by atoms with E-state index in [-0.39, 0.29) is 0 Å². The van der Waals surface area contributed by atoms with Crippen LogP contribution in [-0.4, -0.2) is 18.4 Å². The lowest BCUT2D eigenvalue weighted by Crippen LogP contribution is -2.25. The van der Waals surface area contributed by atoms with Gasteiger partial charge in [-0.25, -0.2) is 0 Å². The maximum atomic E-state index is 12.4. The van der Waals surface area contributed by atoms with E-state index in [0.29, 0.717) is 24.2 Å². The van der Waals surface area contributed by atoms with Gasteiger partial charge in [0, 0.05) is 18.0 Å². The van der Waals surface area contributed by atoms with Gasteiger partial charge >= 0.3 is 0 Å². The predicted octanol–water partition coefficient (Wildman–Crippen LogP) is 3.28. The van der Waals surface area contributed by atoms with Crippen molar-refractivity contribution in [1.82, 2.24) is 5.32 Å². The molecule has 0 spiro atoms. The van der Waals surface area contributed by atoms with Crippen molar-refractivity contribution in [2.45, 2.75) is 50.5 Å². The molecule has 1 atom stereocenters. The Morgan fingerprint density at radius 2 is 2.00 bits per heavy atom. The summed E-state index contributed by atoms with van der Waals surface area (Å²) >= 11 is 0. The normalized spacial score (nSPS) is 23.9. The second-order valence-electron chi connectivity index (χ2n) is 5.64. The van der Waals surface area contributed by atoms with Crippen LogP contribution in [0.4, 0.5) is 0 Å². The van der Waals surface area contributed by atoms with Gasteiger partial charge in [0.2, 0.25) is 0 Å². The SMILES string of the molecule is O=C(CC1CCCN1)c1ccccc1C1CCC1. The highest BCUT2D eigenvalue weighted by Gasteiger charge is 2.25. The Hall–Kier alpha value is -1.15. The molecule has 1 aromatic rings. The summed E-state index contributed by atoms with van der Waals surface area (Å²) in [6.45, 7) is 1.07. The average Bonchev–Trinajstić information content (AvgIpc) is 2.80. The first-order valence-electron chi connectivity index (χ1n) is 7.20. The topological polar surface area (TPSA) is 29.1 Å². The number of carbonyl (C=O) groups is 1. The number of hydrogen-bond acceptors (Lipinski definition) is 2. The summed E-state index contributed by atoms with van der Waals surface area (Å²) < 4.78 is 0. The molecular weight excluding hydrogens is 222 g/mol. The van der Waals surface area contributed by atoms with Gasteiger partial charge < -0.3 is 5.32 Å². The van der Waals surface area contributed by atoms with Gasteiger partial charge in [0.05, 0.1) is 0 Å². The maximum absolute atomic E-state index is 12.4. The van der Waals surface area contributed by atoms with Gasteiger partial charge in [-0.05, 0) is 43.7 Å². The van der Waals surface area contributed by atoms with E-state index in [1.54, 1.807) is 0 Å². The minimum absolute atomic E-state index is 0.330. The molecule has 2 heteroatoms. The van der Waals surface area contributed by atoms with Gasteiger partial charge in [-0.1, -0.05) is 30.7 Å². The van der Waals surface area contributed by atoms with Crippen LogP contribution in [0.1, 0.15) is 60.4 Å². The summed E-state index contributed by atoms with van der Waals surface area (Å²) in [7, 11) is 0. The van der Waals surface area contributed by atoms with Crippen molar-refractivity contribution in [3.05, 3.63) is 35.4 Å². The van der Waals surface area contributed by atoms with E-state index in [1.165, 1.54) is 31.2 Å². The number of ketones is 1. The van der Waals surface area contributed by atoms with Crippen LogP contribution in [0.15, 0.2) is 24.3 Å². The molecule has 1 aromatic carbocycles. The second kappa shape index (κ2) is 5.23. The predicted molar refractivity (Wildman–Crippen MR) is 73.0 cm³/mol. The Kier molecular flexibility index (Phi) is 3.46. The molecular formula is C16H21NO. The highest BCUT2D eigenvalue weighted by atomic mass is 16.1. The maximum Gasteiger partial charge on any atom is 0.164 e. The molecule has 1 heterocycles. The summed E-state index contributed by atoms with van der Waals surface area (Å²) in [6.07, 6.45) is 6.86. The fourth-order valence-electron chi connectivity index (χ4n) is 3.09. The van der Waals surface area contributed by atoms with Crippen LogP contribution in [0.5, 0.6) is 0 Å². The number of carbonyl (C=O) groups excluding carboxylic acids is 1. The van der Waals surface area contributed by atoms with Gasteiger partial charge in [0.15, 0.2) is 5.78 Å². The van der Waals surface area contributed by atoms with E-state index < -0.39 is 0 Å². The van der Waals surface area contributed by atoms with Crippen LogP contribution < -0.4 is 5.32 Å². The zero-order chi connectivity index (χ0) is 12.4. The standard InChI is InChI=1S/C16H21NO/c18-16(11-13-7-4-10-17-13)15-9-2-1-8-14(15)12-5-3-6-12/h1-2,8-9,12-13,17H,3-7,10-11H2. The molecule has 0 amide bonds. The van der Waals surface area contributed by atoms with Crippen molar-refractivity contribution in [1.29, 1.82) is 0 Å². The summed E-state index contributed by atoms with van der Waals surface area (Å²) in [4.78, 5) is 12.4. The third-order valence-corrected chi connectivity index (χ3v) is 4.40. The molecule has 96 valence electrons. The van der Waals surface area contributed by atoms with Gasteiger partial charge in [-0.15, -0.1) is 0 Å². The fourth-order valence-corrected chi connectivity index (χ4v) is 3.09. The van der Waals surface area contributed by atoms with Gasteiger partial charge in [0.25, 0.3) is 0 Å². The van der Waals surface area contributed by atoms with Crippen LogP contribution in [-0.2, 0) is 0 Å². The number of nitrogens with one attached hydrogen (secondary N) is 1. The van der Waals surface area contributed by atoms with Crippen molar-refractivity contribution in [3.63, 3.8) is 0 Å². The lowest BCUT2D eigenvalue weighted by Gasteiger charge is -2.27. The minimum Gasteiger partial charge on any atom is -0.314 e. The molecule has 1 unspecified atom stereocenters. The summed E-state index contributed by atoms with van der Waals surface area (Å²) in [5.41, 5.74) is 2.28. The first-order valence-corrected chi connectivity index (χ1v) is 7.20. The molecule has 3 rings (SSSR count). The first kappa shape index (κ1) is 11.9. The molecule has 1 saturated carbocycles. The van der Waals surface area contributed by atoms with E-state index in [4.69, 9.17) is 0 Å². The zero-order valence-corrected chi connectivity index (χ0v) is 10.8. The van der Waals surface area contributed by atoms with Crippen LogP contribution in [0, 0.1) is 0 Å². The van der Waals surface area contributed by atoms with E-state index in [2.05, 4.69) is 17.4 Å². The van der Waals surface area contributed by atoms with E-state index in [9.17, 15) is 4.79 Å². The number of Topliss-reactive ketones (excluding diaryl/α,β-unsaturated/α-hetero) is 1. The Balaban J connectivity index is 1.75. The monoisotopic (exact) mass is 243 g/mol. The largest absolute Gasteiger partial charge is 0.314 e. The lowest BCUT2D eigenvalue weighted by atomic mass is 9.77. The van der Waals surface area contributed by atoms with Gasteiger partial charge in [-0.2, -0.15) is 0 Å². The third-order valence-electron chi connectivity index (χ3n) is 4.40. The molecule has 0 radical (unpaired) electrons. The van der Waals surface area contributed by atoms with Crippen LogP contribution in [0.3, 0.4) is 0 Å². The van der Waals surface area contributed by atoms with E-state index in [1.807, 2.05) is 12.1 Å². The number of hydrogen-bond donors (Lipinski definition) is 1. The van der Waals surface area contributed by atoms with Crippen molar-refractivity contribution >= 4 is 5.78 Å². The van der Waals surface area contributed by atoms with Gasteiger partial charge in [0.1, 0.15) is 0 Å². The Morgan fingerprint density at radius 3 is 2.67 bits per heavy atom. The summed E-state index contributed by atoms with van der Waals surface area (Å²) in [5, 5.41) is 3.41. The molecule has 1 aliphatic heterocycles. The molecule has 2 aliphatic rings. The molecule has 2 fully saturated rings. The second-order valence-corrected chi connectivity index (χ2v) is 5.64. The first-order chi connectivity index (χ1) is 8.84. The molecule has 1 N–H and O–H groups in total. The number of benzene rings is 1. The van der Waals surface area contributed by atoms with Crippen LogP contribution in [0.25, 0.3) is 0 Å². The molecule has 0 bridgehead atoms. The zero-order valence-electron chi connectivity index (χ0n) is 10.8. The van der Waals surface area contributed by atoms with E-state index in [0.717, 1.165) is 18.5 Å². The molecule has 2 nitrogen and oxygen atoms in total. The van der Waals surface area contributed by atoms with Crippen molar-refractivity contribution in [2.75, 3.05) is 6.54 Å². The third kappa shape index (κ3) is 2.35. The fraction of sp³-hybridized carbons (Fsp3) is 0.562. The van der Waals surface area contributed by atoms with Crippen molar-refractivity contribution < 1.29 is 4.79 Å². The lowest BCUT2D eigenvalue weighted by molar-refractivity contribution is 0.0969. The van der Waals surface area contributed by atoms with Crippen molar-refractivity contribution in [3.8, 4) is 0 Å². The summed E-state index contributed by atoms with van der Waals surface area (Å²) in [5.74, 6) is 0.971. The van der Waals surface area contributed by atoms with Crippen LogP contribution in [0.2, 0.25) is 0 Å². The highest BCUT2D eigenvalue weighted by Crippen LogP contribution is 2.38. The van der Waals surface area contributed by atoms with Crippen LogP contribution >= 0.6 is 0 Å². The molecule has 0 aromatic heterocycles. The quantitative estimate of drug-likeness (QED) is 0.822. The smallest absolute Gasteiger partial charge is 0.164 e. The highest BCUT2D eigenvalue weighted by molar-refractivity contribution is 5.98. The Bertz CT molecular complexity index is 430. The van der Waals surface area contributed by atoms with Gasteiger partial charge in [-0.3, -0.25) is 4.79 Å². The Morgan fingerprint density at radius 1 is 1.17 bits per heavy atom. The molecule has 1 aliphatic carbocycles. The summed E-state index contributed by atoms with van der Waals surface area (Å²) in [6, 6.07) is 8.65.